The summed E-state index contributed by atoms with van der Waals surface area (Å²) in [5.74, 6) is 0.873. The van der Waals surface area contributed by atoms with Crippen molar-refractivity contribution in [2.24, 2.45) is 0 Å². The van der Waals surface area contributed by atoms with Gasteiger partial charge in [-0.3, -0.25) is 4.79 Å². The fourth-order valence-corrected chi connectivity index (χ4v) is 2.21. The van der Waals surface area contributed by atoms with Gasteiger partial charge in [0.25, 0.3) is 0 Å². The number of benzene rings is 1. The highest BCUT2D eigenvalue weighted by Crippen LogP contribution is 2.11. The molecule has 0 amide bonds. The molecular formula is C21H36O3. The lowest BCUT2D eigenvalue weighted by atomic mass is 10.1. The Morgan fingerprint density at radius 3 is 1.92 bits per heavy atom. The Morgan fingerprint density at radius 1 is 0.833 bits per heavy atom. The molecule has 1 aromatic carbocycles. The van der Waals surface area contributed by atoms with Gasteiger partial charge in [0.05, 0.1) is 13.2 Å². The molecule has 1 rings (SSSR count). The summed E-state index contributed by atoms with van der Waals surface area (Å²) in [5.41, 5.74) is 0. The minimum atomic E-state index is -0.123. The number of esters is 1. The molecule has 3 heteroatoms. The zero-order valence-electron chi connectivity index (χ0n) is 15.9. The second-order valence-electron chi connectivity index (χ2n) is 5.79. The number of rotatable bonds is 12. The van der Waals surface area contributed by atoms with E-state index in [0.29, 0.717) is 13.0 Å². The first-order chi connectivity index (χ1) is 11.7. The van der Waals surface area contributed by atoms with Crippen LogP contribution in [-0.2, 0) is 9.53 Å². The zero-order valence-corrected chi connectivity index (χ0v) is 15.9. The van der Waals surface area contributed by atoms with Gasteiger partial charge in [-0.2, -0.15) is 0 Å². The second-order valence-corrected chi connectivity index (χ2v) is 5.79. The third kappa shape index (κ3) is 15.4. The number of para-hydroxylation sites is 1. The summed E-state index contributed by atoms with van der Waals surface area (Å²) in [6.07, 6.45) is 11.3. The number of carbonyl (C=O) groups excluding carboxylic acids is 1. The van der Waals surface area contributed by atoms with E-state index in [1.54, 1.807) is 13.8 Å². The highest BCUT2D eigenvalue weighted by atomic mass is 16.5. The molecular weight excluding hydrogens is 300 g/mol. The van der Waals surface area contributed by atoms with Crippen LogP contribution in [0.4, 0.5) is 0 Å². The topological polar surface area (TPSA) is 35.5 Å². The van der Waals surface area contributed by atoms with E-state index in [1.807, 2.05) is 30.3 Å². The fourth-order valence-electron chi connectivity index (χ4n) is 2.21. The Hall–Kier alpha value is -1.51. The smallest absolute Gasteiger partial charge is 0.305 e. The quantitative estimate of drug-likeness (QED) is 0.338. The summed E-state index contributed by atoms with van der Waals surface area (Å²) < 4.78 is 10.2. The molecule has 0 saturated heterocycles. The van der Waals surface area contributed by atoms with Crippen molar-refractivity contribution in [2.75, 3.05) is 13.2 Å². The predicted octanol–water partition coefficient (Wildman–Crippen LogP) is 6.17. The van der Waals surface area contributed by atoms with Crippen LogP contribution in [0.3, 0.4) is 0 Å². The highest BCUT2D eigenvalue weighted by molar-refractivity contribution is 5.68. The van der Waals surface area contributed by atoms with E-state index >= 15 is 0 Å². The molecule has 0 unspecified atom stereocenters. The standard InChI is InChI=1S/C16H26O.C5H10O2/c1-2-3-4-5-6-7-8-12-15-17-16-13-10-9-11-14-16;1-3-5(6)7-4-2/h9-11,13-14H,2-8,12,15H2,1H3;3-4H2,1-2H3. The monoisotopic (exact) mass is 336 g/mol. The van der Waals surface area contributed by atoms with Gasteiger partial charge in [-0.1, -0.05) is 77.0 Å². The van der Waals surface area contributed by atoms with Gasteiger partial charge >= 0.3 is 5.97 Å². The second kappa shape index (κ2) is 17.8. The van der Waals surface area contributed by atoms with Crippen molar-refractivity contribution in [3.8, 4) is 5.75 Å². The third-order valence-corrected chi connectivity index (χ3v) is 3.60. The van der Waals surface area contributed by atoms with Crippen LogP contribution >= 0.6 is 0 Å². The van der Waals surface area contributed by atoms with Crippen molar-refractivity contribution >= 4 is 5.97 Å². The van der Waals surface area contributed by atoms with Gasteiger partial charge in [0.1, 0.15) is 5.75 Å². The van der Waals surface area contributed by atoms with E-state index in [9.17, 15) is 4.79 Å². The normalized spacial score (nSPS) is 9.79. The van der Waals surface area contributed by atoms with Crippen LogP contribution in [0, 0.1) is 0 Å². The summed E-state index contributed by atoms with van der Waals surface area (Å²) in [6, 6.07) is 10.1. The molecule has 0 saturated carbocycles. The Bertz CT molecular complexity index is 376. The van der Waals surface area contributed by atoms with E-state index in [2.05, 4.69) is 11.7 Å². The minimum Gasteiger partial charge on any atom is -0.494 e. The van der Waals surface area contributed by atoms with Gasteiger partial charge in [0, 0.05) is 6.42 Å². The van der Waals surface area contributed by atoms with Crippen LogP contribution in [0.15, 0.2) is 30.3 Å². The minimum absolute atomic E-state index is 0.123. The van der Waals surface area contributed by atoms with Crippen LogP contribution in [0.5, 0.6) is 5.75 Å². The molecule has 3 nitrogen and oxygen atoms in total. The number of hydrogen-bond acceptors (Lipinski definition) is 3. The molecule has 1 aromatic rings. The molecule has 0 bridgehead atoms. The summed E-state index contributed by atoms with van der Waals surface area (Å²) in [6.45, 7) is 7.19. The molecule has 138 valence electrons. The lowest BCUT2D eigenvalue weighted by molar-refractivity contribution is -0.142. The molecule has 0 aliphatic carbocycles. The summed E-state index contributed by atoms with van der Waals surface area (Å²) >= 11 is 0. The van der Waals surface area contributed by atoms with Crippen molar-refractivity contribution in [2.45, 2.75) is 78.6 Å². The molecule has 0 aromatic heterocycles. The maximum atomic E-state index is 10.2. The van der Waals surface area contributed by atoms with Crippen LogP contribution < -0.4 is 4.74 Å². The lowest BCUT2D eigenvalue weighted by Crippen LogP contribution is -2.00. The van der Waals surface area contributed by atoms with E-state index in [-0.39, 0.29) is 5.97 Å². The third-order valence-electron chi connectivity index (χ3n) is 3.60. The van der Waals surface area contributed by atoms with Crippen molar-refractivity contribution in [3.63, 3.8) is 0 Å². The number of carbonyl (C=O) groups is 1. The van der Waals surface area contributed by atoms with Crippen molar-refractivity contribution in [3.05, 3.63) is 30.3 Å². The fraction of sp³-hybridized carbons (Fsp3) is 0.667. The SMILES string of the molecule is CCCCCCCCCCOc1ccccc1.CCOC(=O)CC. The number of ether oxygens (including phenoxy) is 2. The van der Waals surface area contributed by atoms with Gasteiger partial charge in [-0.15, -0.1) is 0 Å². The Kier molecular flexibility index (Phi) is 16.7. The Morgan fingerprint density at radius 2 is 1.42 bits per heavy atom. The zero-order chi connectivity index (χ0) is 17.9. The van der Waals surface area contributed by atoms with Gasteiger partial charge in [0.15, 0.2) is 0 Å². The van der Waals surface area contributed by atoms with Gasteiger partial charge in [-0.05, 0) is 25.5 Å². The van der Waals surface area contributed by atoms with Gasteiger partial charge in [-0.25, -0.2) is 0 Å². The summed E-state index contributed by atoms with van der Waals surface area (Å²) in [5, 5.41) is 0. The molecule has 0 heterocycles. The predicted molar refractivity (Wildman–Crippen MR) is 101 cm³/mol. The molecule has 0 spiro atoms. The lowest BCUT2D eigenvalue weighted by Gasteiger charge is -2.05. The van der Waals surface area contributed by atoms with E-state index < -0.39 is 0 Å². The van der Waals surface area contributed by atoms with Crippen LogP contribution in [0.2, 0.25) is 0 Å². The van der Waals surface area contributed by atoms with Crippen molar-refractivity contribution in [1.82, 2.24) is 0 Å². The number of hydrogen-bond donors (Lipinski definition) is 0. The van der Waals surface area contributed by atoms with Crippen LogP contribution in [-0.4, -0.2) is 19.2 Å². The molecule has 0 fully saturated rings. The van der Waals surface area contributed by atoms with Crippen molar-refractivity contribution in [1.29, 1.82) is 0 Å². The Labute approximate surface area is 148 Å². The van der Waals surface area contributed by atoms with Crippen LogP contribution in [0.25, 0.3) is 0 Å². The van der Waals surface area contributed by atoms with Gasteiger partial charge < -0.3 is 9.47 Å². The van der Waals surface area contributed by atoms with Crippen molar-refractivity contribution < 1.29 is 14.3 Å². The highest BCUT2D eigenvalue weighted by Gasteiger charge is 1.93. The first-order valence-corrected chi connectivity index (χ1v) is 9.58. The van der Waals surface area contributed by atoms with E-state index in [4.69, 9.17) is 4.74 Å². The maximum absolute atomic E-state index is 10.2. The molecule has 0 aliphatic heterocycles. The molecule has 0 radical (unpaired) electrons. The average molecular weight is 337 g/mol. The van der Waals surface area contributed by atoms with E-state index in [0.717, 1.165) is 12.4 Å². The average Bonchev–Trinajstić information content (AvgIpc) is 2.62. The summed E-state index contributed by atoms with van der Waals surface area (Å²) in [4.78, 5) is 10.2. The Balaban J connectivity index is 0.000000640. The molecule has 24 heavy (non-hydrogen) atoms. The van der Waals surface area contributed by atoms with E-state index in [1.165, 1.54) is 51.4 Å². The summed E-state index contributed by atoms with van der Waals surface area (Å²) in [7, 11) is 0. The van der Waals surface area contributed by atoms with Crippen LogP contribution in [0.1, 0.15) is 78.6 Å². The molecule has 0 N–H and O–H groups in total. The molecule has 0 atom stereocenters. The molecule has 0 aliphatic rings. The van der Waals surface area contributed by atoms with Gasteiger partial charge in [0.2, 0.25) is 0 Å². The first kappa shape index (κ1) is 22.5. The maximum Gasteiger partial charge on any atom is 0.305 e. The largest absolute Gasteiger partial charge is 0.494 e. The first-order valence-electron chi connectivity index (χ1n) is 9.58. The number of unbranched alkanes of at least 4 members (excludes halogenated alkanes) is 7.